The van der Waals surface area contributed by atoms with Crippen molar-refractivity contribution in [2.24, 2.45) is 0 Å². The van der Waals surface area contributed by atoms with Gasteiger partial charge in [-0.05, 0) is 32.0 Å². The Kier molecular flexibility index (Phi) is 5.91. The molecule has 7 nitrogen and oxygen atoms in total. The lowest BCUT2D eigenvalue weighted by Crippen LogP contribution is -2.21. The lowest BCUT2D eigenvalue weighted by molar-refractivity contribution is 0.0426. The third-order valence-corrected chi connectivity index (χ3v) is 4.22. The number of imidazole rings is 1. The number of hydrogen-bond donors (Lipinski definition) is 0. The summed E-state index contributed by atoms with van der Waals surface area (Å²) in [6.45, 7) is 3.67. The molecular formula is C22H18N4O3. The maximum Gasteiger partial charge on any atom is 0.360 e. The number of aromatic nitrogens is 2. The van der Waals surface area contributed by atoms with Gasteiger partial charge >= 0.3 is 5.97 Å². The molecule has 0 aliphatic rings. The minimum atomic E-state index is -0.561. The normalized spacial score (nSPS) is 10.1. The molecule has 0 saturated carbocycles. The van der Waals surface area contributed by atoms with Gasteiger partial charge in [0.1, 0.15) is 6.61 Å². The number of nitrogens with zero attached hydrogens (tertiary/aromatic N) is 4. The molecule has 0 atom stereocenters. The van der Waals surface area contributed by atoms with Crippen molar-refractivity contribution in [1.29, 1.82) is 10.5 Å². The zero-order valence-electron chi connectivity index (χ0n) is 16.0. The highest BCUT2D eigenvalue weighted by molar-refractivity contribution is 5.89. The molecule has 29 heavy (non-hydrogen) atoms. The van der Waals surface area contributed by atoms with Crippen molar-refractivity contribution in [2.45, 2.75) is 20.5 Å². The van der Waals surface area contributed by atoms with E-state index in [2.05, 4.69) is 17.1 Å². The van der Waals surface area contributed by atoms with Gasteiger partial charge in [0.2, 0.25) is 0 Å². The van der Waals surface area contributed by atoms with Crippen LogP contribution in [0.2, 0.25) is 0 Å². The third-order valence-electron chi connectivity index (χ3n) is 4.22. The van der Waals surface area contributed by atoms with Crippen molar-refractivity contribution >= 4 is 5.97 Å². The standard InChI is InChI=1S/C22H18N4O3/c1-3-28-22(27)20-15(2)25-21(17-10-6-7-16(11-17)12-23)26(20)29-14-19-9-5-4-8-18(19)13-24/h4-11H,3,14H2,1-2H3. The van der Waals surface area contributed by atoms with Crippen LogP contribution < -0.4 is 4.84 Å². The van der Waals surface area contributed by atoms with E-state index < -0.39 is 5.97 Å². The number of carbonyl (C=O) groups excluding carboxylic acids is 1. The molecule has 144 valence electrons. The Bertz CT molecular complexity index is 1140. The van der Waals surface area contributed by atoms with Crippen LogP contribution in [0.5, 0.6) is 0 Å². The molecular weight excluding hydrogens is 368 g/mol. The van der Waals surface area contributed by atoms with E-state index in [-0.39, 0.29) is 18.9 Å². The van der Waals surface area contributed by atoms with E-state index >= 15 is 0 Å². The van der Waals surface area contributed by atoms with E-state index in [1.165, 1.54) is 4.73 Å². The molecule has 2 aromatic carbocycles. The van der Waals surface area contributed by atoms with Gasteiger partial charge in [0.05, 0.1) is 35.6 Å². The zero-order chi connectivity index (χ0) is 20.8. The highest BCUT2D eigenvalue weighted by Crippen LogP contribution is 2.24. The monoisotopic (exact) mass is 386 g/mol. The molecule has 3 aromatic rings. The highest BCUT2D eigenvalue weighted by atomic mass is 16.7. The Hall–Kier alpha value is -4.10. The van der Waals surface area contributed by atoms with E-state index in [4.69, 9.17) is 9.57 Å². The van der Waals surface area contributed by atoms with E-state index in [1.807, 2.05) is 6.07 Å². The quantitative estimate of drug-likeness (QED) is 0.602. The molecule has 1 aromatic heterocycles. The van der Waals surface area contributed by atoms with Crippen molar-refractivity contribution in [2.75, 3.05) is 6.61 Å². The first kappa shape index (κ1) is 19.7. The number of esters is 1. The topological polar surface area (TPSA) is 101 Å². The maximum absolute atomic E-state index is 12.5. The van der Waals surface area contributed by atoms with Crippen LogP contribution in [-0.4, -0.2) is 22.3 Å². The van der Waals surface area contributed by atoms with Gasteiger partial charge in [0.25, 0.3) is 0 Å². The minimum absolute atomic E-state index is 0.0525. The summed E-state index contributed by atoms with van der Waals surface area (Å²) in [6.07, 6.45) is 0. The molecule has 0 aliphatic heterocycles. The lowest BCUT2D eigenvalue weighted by Gasteiger charge is -2.14. The van der Waals surface area contributed by atoms with Gasteiger partial charge in [-0.2, -0.15) is 15.3 Å². The number of nitriles is 2. The van der Waals surface area contributed by atoms with Crippen LogP contribution in [-0.2, 0) is 11.3 Å². The molecule has 0 bridgehead atoms. The van der Waals surface area contributed by atoms with Crippen LogP contribution in [0, 0.1) is 29.6 Å². The smallest absolute Gasteiger partial charge is 0.360 e. The summed E-state index contributed by atoms with van der Waals surface area (Å²) in [5, 5.41) is 18.5. The molecule has 0 radical (unpaired) electrons. The summed E-state index contributed by atoms with van der Waals surface area (Å²) in [5.41, 5.74) is 2.84. The Morgan fingerprint density at radius 3 is 2.66 bits per heavy atom. The summed E-state index contributed by atoms with van der Waals surface area (Å²) < 4.78 is 6.47. The minimum Gasteiger partial charge on any atom is -0.461 e. The van der Waals surface area contributed by atoms with Gasteiger partial charge in [-0.15, -0.1) is 0 Å². The summed E-state index contributed by atoms with van der Waals surface area (Å²) in [5.74, 6) is -0.189. The molecule has 0 fully saturated rings. The van der Waals surface area contributed by atoms with Crippen LogP contribution in [0.3, 0.4) is 0 Å². The molecule has 0 amide bonds. The van der Waals surface area contributed by atoms with E-state index in [0.717, 1.165) is 0 Å². The van der Waals surface area contributed by atoms with Crippen LogP contribution in [0.1, 0.15) is 39.8 Å². The van der Waals surface area contributed by atoms with Crippen molar-refractivity contribution < 1.29 is 14.4 Å². The second kappa shape index (κ2) is 8.73. The second-order valence-corrected chi connectivity index (χ2v) is 6.12. The van der Waals surface area contributed by atoms with Crippen LogP contribution >= 0.6 is 0 Å². The van der Waals surface area contributed by atoms with Crippen molar-refractivity contribution in [1.82, 2.24) is 9.71 Å². The van der Waals surface area contributed by atoms with E-state index in [1.54, 1.807) is 56.3 Å². The van der Waals surface area contributed by atoms with Gasteiger partial charge < -0.3 is 9.57 Å². The van der Waals surface area contributed by atoms with Gasteiger partial charge in [-0.3, -0.25) is 0 Å². The van der Waals surface area contributed by atoms with Crippen LogP contribution in [0.4, 0.5) is 0 Å². The summed E-state index contributed by atoms with van der Waals surface area (Å²) >= 11 is 0. The molecule has 0 N–H and O–H groups in total. The van der Waals surface area contributed by atoms with Gasteiger partial charge in [-0.1, -0.05) is 30.3 Å². The first-order chi connectivity index (χ1) is 14.1. The molecule has 0 spiro atoms. The summed E-state index contributed by atoms with van der Waals surface area (Å²) in [6, 6.07) is 18.1. The molecule has 3 rings (SSSR count). The molecule has 0 unspecified atom stereocenters. The Labute approximate surface area is 168 Å². The van der Waals surface area contributed by atoms with Gasteiger partial charge in [-0.25, -0.2) is 9.78 Å². The third kappa shape index (κ3) is 4.10. The van der Waals surface area contributed by atoms with Gasteiger partial charge in [0, 0.05) is 11.1 Å². The van der Waals surface area contributed by atoms with Crippen LogP contribution in [0.25, 0.3) is 11.4 Å². The Balaban J connectivity index is 2.07. The van der Waals surface area contributed by atoms with Crippen molar-refractivity contribution in [3.63, 3.8) is 0 Å². The van der Waals surface area contributed by atoms with E-state index in [0.29, 0.717) is 33.8 Å². The number of aryl methyl sites for hydroxylation is 1. The first-order valence-electron chi connectivity index (χ1n) is 8.97. The first-order valence-corrected chi connectivity index (χ1v) is 8.97. The highest BCUT2D eigenvalue weighted by Gasteiger charge is 2.24. The van der Waals surface area contributed by atoms with Crippen molar-refractivity contribution in [3.8, 4) is 23.5 Å². The molecule has 7 heteroatoms. The van der Waals surface area contributed by atoms with Gasteiger partial charge in [0.15, 0.2) is 11.5 Å². The summed E-state index contributed by atoms with van der Waals surface area (Å²) in [7, 11) is 0. The maximum atomic E-state index is 12.5. The predicted molar refractivity (Wildman–Crippen MR) is 105 cm³/mol. The fourth-order valence-corrected chi connectivity index (χ4v) is 2.86. The average Bonchev–Trinajstić information content (AvgIpc) is 3.08. The fraction of sp³-hybridized carbons (Fsp3) is 0.182. The lowest BCUT2D eigenvalue weighted by atomic mass is 10.1. The summed E-state index contributed by atoms with van der Waals surface area (Å²) in [4.78, 5) is 22.9. The number of carbonyl (C=O) groups is 1. The molecule has 1 heterocycles. The van der Waals surface area contributed by atoms with Crippen LogP contribution in [0.15, 0.2) is 48.5 Å². The molecule has 0 saturated heterocycles. The average molecular weight is 386 g/mol. The van der Waals surface area contributed by atoms with Crippen molar-refractivity contribution in [3.05, 3.63) is 76.6 Å². The second-order valence-electron chi connectivity index (χ2n) is 6.12. The number of benzene rings is 2. The zero-order valence-corrected chi connectivity index (χ0v) is 16.0. The fourth-order valence-electron chi connectivity index (χ4n) is 2.86. The predicted octanol–water partition coefficient (Wildman–Crippen LogP) is 3.41. The SMILES string of the molecule is CCOC(=O)c1c(C)nc(-c2cccc(C#N)c2)n1OCc1ccccc1C#N. The largest absolute Gasteiger partial charge is 0.461 e. The number of hydrogen-bond acceptors (Lipinski definition) is 6. The number of ether oxygens (including phenoxy) is 1. The Morgan fingerprint density at radius 1 is 1.14 bits per heavy atom. The van der Waals surface area contributed by atoms with E-state index in [9.17, 15) is 15.3 Å². The number of rotatable bonds is 6. The Morgan fingerprint density at radius 2 is 1.93 bits per heavy atom. The molecule has 0 aliphatic carbocycles.